The van der Waals surface area contributed by atoms with Crippen LogP contribution in [0.3, 0.4) is 0 Å². The molecule has 20 heavy (non-hydrogen) atoms. The van der Waals surface area contributed by atoms with Gasteiger partial charge < -0.3 is 9.64 Å². The van der Waals surface area contributed by atoms with E-state index in [2.05, 4.69) is 13.8 Å². The van der Waals surface area contributed by atoms with Crippen LogP contribution in [0.15, 0.2) is 24.3 Å². The van der Waals surface area contributed by atoms with Crippen molar-refractivity contribution in [2.24, 2.45) is 0 Å². The molecule has 0 saturated carbocycles. The highest BCUT2D eigenvalue weighted by molar-refractivity contribution is 5.98. The minimum absolute atomic E-state index is 0.0541. The van der Waals surface area contributed by atoms with Gasteiger partial charge in [0.15, 0.2) is 0 Å². The van der Waals surface area contributed by atoms with Gasteiger partial charge in [-0.15, -0.1) is 0 Å². The number of ether oxygens (including phenoxy) is 1. The predicted molar refractivity (Wildman–Crippen MR) is 76.7 cm³/mol. The fraction of sp³-hybridized carbons (Fsp3) is 0.500. The van der Waals surface area contributed by atoms with E-state index in [9.17, 15) is 9.59 Å². The highest BCUT2D eigenvalue weighted by Crippen LogP contribution is 2.27. The largest absolute Gasteiger partial charge is 0.426 e. The van der Waals surface area contributed by atoms with Gasteiger partial charge in [0, 0.05) is 19.0 Å². The normalized spacial score (nSPS) is 22.4. The van der Waals surface area contributed by atoms with Gasteiger partial charge in [0.1, 0.15) is 5.75 Å². The number of carbonyl (C=O) groups is 2. The zero-order valence-corrected chi connectivity index (χ0v) is 12.3. The summed E-state index contributed by atoms with van der Waals surface area (Å²) in [6.07, 6.45) is 3.19. The van der Waals surface area contributed by atoms with Gasteiger partial charge in [0.05, 0.1) is 5.56 Å². The van der Waals surface area contributed by atoms with Gasteiger partial charge in [0.2, 0.25) is 0 Å². The average Bonchev–Trinajstić information content (AvgIpc) is 2.38. The van der Waals surface area contributed by atoms with E-state index in [0.29, 0.717) is 11.3 Å². The van der Waals surface area contributed by atoms with Gasteiger partial charge in [-0.3, -0.25) is 9.59 Å². The minimum Gasteiger partial charge on any atom is -0.426 e. The Morgan fingerprint density at radius 1 is 1.15 bits per heavy atom. The molecule has 0 bridgehead atoms. The molecular formula is C16H21NO3. The number of rotatable bonds is 2. The van der Waals surface area contributed by atoms with E-state index in [1.807, 2.05) is 4.90 Å². The van der Waals surface area contributed by atoms with E-state index in [-0.39, 0.29) is 18.0 Å². The summed E-state index contributed by atoms with van der Waals surface area (Å²) in [4.78, 5) is 25.8. The van der Waals surface area contributed by atoms with Crippen LogP contribution in [0.5, 0.6) is 5.75 Å². The molecule has 0 radical (unpaired) electrons. The molecule has 1 aliphatic heterocycles. The van der Waals surface area contributed by atoms with Crippen molar-refractivity contribution in [1.82, 2.24) is 4.90 Å². The Hall–Kier alpha value is -1.84. The van der Waals surface area contributed by atoms with Crippen LogP contribution in [-0.2, 0) is 4.79 Å². The maximum atomic E-state index is 12.8. The number of likely N-dealkylation sites (tertiary alicyclic amines) is 1. The first-order valence-electron chi connectivity index (χ1n) is 7.11. The topological polar surface area (TPSA) is 46.6 Å². The summed E-state index contributed by atoms with van der Waals surface area (Å²) >= 11 is 0. The first kappa shape index (κ1) is 14.6. The van der Waals surface area contributed by atoms with Crippen LogP contribution in [0, 0.1) is 0 Å². The smallest absolute Gasteiger partial charge is 0.308 e. The van der Waals surface area contributed by atoms with Gasteiger partial charge in [-0.2, -0.15) is 0 Å². The molecule has 1 amide bonds. The van der Waals surface area contributed by atoms with E-state index in [4.69, 9.17) is 4.74 Å². The molecule has 0 aliphatic carbocycles. The Balaban J connectivity index is 2.30. The second-order valence-corrected chi connectivity index (χ2v) is 5.43. The molecule has 4 nitrogen and oxygen atoms in total. The molecule has 0 unspecified atom stereocenters. The van der Waals surface area contributed by atoms with Crippen LogP contribution in [0.25, 0.3) is 0 Å². The lowest BCUT2D eigenvalue weighted by atomic mass is 9.96. The fourth-order valence-electron chi connectivity index (χ4n) is 2.85. The lowest BCUT2D eigenvalue weighted by Crippen LogP contribution is -2.47. The highest BCUT2D eigenvalue weighted by atomic mass is 16.5. The molecule has 0 aromatic heterocycles. The number of amides is 1. The Bertz CT molecular complexity index is 502. The Morgan fingerprint density at radius 2 is 1.75 bits per heavy atom. The number of para-hydroxylation sites is 1. The quantitative estimate of drug-likeness (QED) is 0.615. The second-order valence-electron chi connectivity index (χ2n) is 5.43. The lowest BCUT2D eigenvalue weighted by Gasteiger charge is -2.39. The van der Waals surface area contributed by atoms with Gasteiger partial charge in [-0.25, -0.2) is 0 Å². The SMILES string of the molecule is CC(=O)Oc1ccccc1C(=O)N1[C@@H](C)CCC[C@@H]1C. The van der Waals surface area contributed by atoms with E-state index < -0.39 is 5.97 Å². The van der Waals surface area contributed by atoms with Crippen molar-refractivity contribution < 1.29 is 14.3 Å². The first-order valence-corrected chi connectivity index (χ1v) is 7.11. The molecule has 108 valence electrons. The van der Waals surface area contributed by atoms with Crippen molar-refractivity contribution in [1.29, 1.82) is 0 Å². The van der Waals surface area contributed by atoms with Crippen LogP contribution in [0.2, 0.25) is 0 Å². The number of carbonyl (C=O) groups excluding carboxylic acids is 2. The molecule has 2 atom stereocenters. The third-order valence-electron chi connectivity index (χ3n) is 3.80. The number of hydrogen-bond donors (Lipinski definition) is 0. The first-order chi connectivity index (χ1) is 9.50. The summed E-state index contributed by atoms with van der Waals surface area (Å²) in [5.41, 5.74) is 0.461. The predicted octanol–water partition coefficient (Wildman–Crippen LogP) is 3.02. The summed E-state index contributed by atoms with van der Waals surface area (Å²) in [6, 6.07) is 7.37. The monoisotopic (exact) mass is 275 g/mol. The summed E-state index contributed by atoms with van der Waals surface area (Å²) in [6.45, 7) is 5.48. The molecule has 0 N–H and O–H groups in total. The maximum absolute atomic E-state index is 12.8. The Labute approximate surface area is 119 Å². The van der Waals surface area contributed by atoms with Crippen molar-refractivity contribution in [2.45, 2.75) is 52.1 Å². The zero-order chi connectivity index (χ0) is 14.7. The van der Waals surface area contributed by atoms with Crippen LogP contribution in [-0.4, -0.2) is 28.9 Å². The molecule has 1 aromatic rings. The number of benzene rings is 1. The molecule has 2 rings (SSSR count). The molecular weight excluding hydrogens is 254 g/mol. The maximum Gasteiger partial charge on any atom is 0.308 e. The minimum atomic E-state index is -0.412. The van der Waals surface area contributed by atoms with Crippen LogP contribution < -0.4 is 4.74 Å². The molecule has 1 heterocycles. The van der Waals surface area contributed by atoms with Crippen LogP contribution in [0.1, 0.15) is 50.4 Å². The average molecular weight is 275 g/mol. The fourth-order valence-corrected chi connectivity index (χ4v) is 2.85. The molecule has 0 spiro atoms. The number of nitrogens with zero attached hydrogens (tertiary/aromatic N) is 1. The summed E-state index contributed by atoms with van der Waals surface area (Å²) < 4.78 is 5.14. The van der Waals surface area contributed by atoms with Gasteiger partial charge in [-0.1, -0.05) is 12.1 Å². The van der Waals surface area contributed by atoms with Crippen molar-refractivity contribution >= 4 is 11.9 Å². The van der Waals surface area contributed by atoms with Gasteiger partial charge >= 0.3 is 5.97 Å². The Kier molecular flexibility index (Phi) is 4.42. The van der Waals surface area contributed by atoms with Crippen molar-refractivity contribution in [3.05, 3.63) is 29.8 Å². The standard InChI is InChI=1S/C16H21NO3/c1-11-7-6-8-12(2)17(11)16(19)14-9-4-5-10-15(14)20-13(3)18/h4-5,9-12H,6-8H2,1-3H3/t11-,12-/m0/s1. The van der Waals surface area contributed by atoms with Gasteiger partial charge in [0.25, 0.3) is 5.91 Å². The van der Waals surface area contributed by atoms with E-state index in [1.54, 1.807) is 24.3 Å². The molecule has 1 saturated heterocycles. The Morgan fingerprint density at radius 3 is 2.35 bits per heavy atom. The van der Waals surface area contributed by atoms with Crippen molar-refractivity contribution in [3.8, 4) is 5.75 Å². The van der Waals surface area contributed by atoms with Crippen molar-refractivity contribution in [2.75, 3.05) is 0 Å². The second kappa shape index (κ2) is 6.07. The van der Waals surface area contributed by atoms with Gasteiger partial charge in [-0.05, 0) is 45.2 Å². The third-order valence-corrected chi connectivity index (χ3v) is 3.80. The summed E-state index contributed by atoms with van der Waals surface area (Å²) in [5, 5.41) is 0. The van der Waals surface area contributed by atoms with E-state index >= 15 is 0 Å². The van der Waals surface area contributed by atoms with Crippen LogP contribution >= 0.6 is 0 Å². The molecule has 1 fully saturated rings. The highest BCUT2D eigenvalue weighted by Gasteiger charge is 2.31. The molecule has 1 aliphatic rings. The number of esters is 1. The lowest BCUT2D eigenvalue weighted by molar-refractivity contribution is -0.131. The van der Waals surface area contributed by atoms with Crippen molar-refractivity contribution in [3.63, 3.8) is 0 Å². The number of hydrogen-bond acceptors (Lipinski definition) is 3. The zero-order valence-electron chi connectivity index (χ0n) is 12.3. The van der Waals surface area contributed by atoms with E-state index in [0.717, 1.165) is 19.3 Å². The third kappa shape index (κ3) is 3.00. The van der Waals surface area contributed by atoms with E-state index in [1.165, 1.54) is 6.92 Å². The number of piperidine rings is 1. The van der Waals surface area contributed by atoms with Crippen LogP contribution in [0.4, 0.5) is 0 Å². The summed E-state index contributed by atoms with van der Waals surface area (Å²) in [5.74, 6) is -0.124. The molecule has 4 heteroatoms. The molecule has 1 aromatic carbocycles. The summed E-state index contributed by atoms with van der Waals surface area (Å²) in [7, 11) is 0.